The van der Waals surface area contributed by atoms with Crippen LogP contribution < -0.4 is 14.8 Å². The summed E-state index contributed by atoms with van der Waals surface area (Å²) < 4.78 is 11.7. The fourth-order valence-corrected chi connectivity index (χ4v) is 5.24. The minimum atomic E-state index is 0.626. The Morgan fingerprint density at radius 1 is 0.651 bits per heavy atom. The van der Waals surface area contributed by atoms with Crippen LogP contribution in [0.15, 0.2) is 97.3 Å². The Hall–Kier alpha value is -4.75. The summed E-state index contributed by atoms with van der Waals surface area (Å²) in [5.41, 5.74) is 5.97. The molecule has 1 N–H and O–H groups in total. The van der Waals surface area contributed by atoms with E-state index in [1.807, 2.05) is 84.9 Å². The van der Waals surface area contributed by atoms with Crippen LogP contribution in [0.2, 0.25) is 5.02 Å². The zero-order chi connectivity index (χ0) is 29.4. The summed E-state index contributed by atoms with van der Waals surface area (Å²) in [7, 11) is 1.68. The molecule has 4 heterocycles. The molecule has 6 rings (SSSR count). The number of hydrogen-bond donors (Lipinski definition) is 1. The first-order chi connectivity index (χ1) is 21.2. The number of aromatic nitrogens is 4. The van der Waals surface area contributed by atoms with E-state index in [9.17, 15) is 0 Å². The predicted molar refractivity (Wildman–Crippen MR) is 174 cm³/mol. The van der Waals surface area contributed by atoms with Crippen molar-refractivity contribution in [1.82, 2.24) is 19.9 Å². The van der Waals surface area contributed by atoms with Crippen molar-refractivity contribution >= 4 is 39.1 Å². The zero-order valence-electron chi connectivity index (χ0n) is 24.0. The number of halogens is 1. The topological polar surface area (TPSA) is 82.0 Å². The van der Waals surface area contributed by atoms with Gasteiger partial charge in [0.05, 0.1) is 53.2 Å². The fraction of sp³-hybridized carbons (Fsp3) is 0.200. The summed E-state index contributed by atoms with van der Waals surface area (Å²) in [4.78, 5) is 18.6. The predicted octanol–water partition coefficient (Wildman–Crippen LogP) is 8.62. The van der Waals surface area contributed by atoms with E-state index in [1.165, 1.54) is 0 Å². The minimum Gasteiger partial charge on any atom is -0.497 e. The van der Waals surface area contributed by atoms with Gasteiger partial charge in [0.25, 0.3) is 0 Å². The lowest BCUT2D eigenvalue weighted by Crippen LogP contribution is -2.04. The molecule has 216 valence electrons. The molecular weight excluding hydrogens is 558 g/mol. The molecule has 0 aliphatic carbocycles. The van der Waals surface area contributed by atoms with Gasteiger partial charge in [-0.15, -0.1) is 0 Å². The van der Waals surface area contributed by atoms with E-state index in [1.54, 1.807) is 19.5 Å². The third kappa shape index (κ3) is 6.84. The number of unbranched alkanes of at least 4 members (excludes halogenated alkanes) is 3. The molecule has 0 radical (unpaired) electrons. The molecule has 7 nitrogen and oxygen atoms in total. The molecule has 43 heavy (non-hydrogen) atoms. The van der Waals surface area contributed by atoms with Crippen LogP contribution in [-0.4, -0.2) is 40.2 Å². The van der Waals surface area contributed by atoms with Crippen molar-refractivity contribution in [2.45, 2.75) is 25.7 Å². The second kappa shape index (κ2) is 13.5. The highest BCUT2D eigenvalue weighted by Crippen LogP contribution is 2.34. The lowest BCUT2D eigenvalue weighted by Gasteiger charge is -2.14. The third-order valence-corrected chi connectivity index (χ3v) is 7.47. The molecule has 2 aromatic carbocycles. The summed E-state index contributed by atoms with van der Waals surface area (Å²) in [6.45, 7) is 1.47. The first-order valence-corrected chi connectivity index (χ1v) is 14.8. The maximum atomic E-state index is 6.27. The van der Waals surface area contributed by atoms with Crippen LogP contribution >= 0.6 is 11.6 Å². The van der Waals surface area contributed by atoms with Crippen molar-refractivity contribution in [3.63, 3.8) is 0 Å². The van der Waals surface area contributed by atoms with E-state index in [0.29, 0.717) is 11.6 Å². The first-order valence-electron chi connectivity index (χ1n) is 14.5. The smallest absolute Gasteiger partial charge is 0.123 e. The normalized spacial score (nSPS) is 11.1. The number of methoxy groups -OCH3 is 1. The molecule has 0 saturated heterocycles. The van der Waals surface area contributed by atoms with Crippen LogP contribution in [0.25, 0.3) is 44.6 Å². The Bertz CT molecular complexity index is 1780. The second-order valence-corrected chi connectivity index (χ2v) is 10.7. The molecule has 0 unspecified atom stereocenters. The minimum absolute atomic E-state index is 0.626. The molecule has 0 fully saturated rings. The van der Waals surface area contributed by atoms with Crippen molar-refractivity contribution in [2.75, 3.05) is 25.6 Å². The van der Waals surface area contributed by atoms with Gasteiger partial charge >= 0.3 is 0 Å². The highest BCUT2D eigenvalue weighted by atomic mass is 35.5. The Balaban J connectivity index is 1.05. The number of hydrogen-bond acceptors (Lipinski definition) is 7. The second-order valence-electron chi connectivity index (χ2n) is 10.2. The van der Waals surface area contributed by atoms with Gasteiger partial charge in [0, 0.05) is 46.9 Å². The molecular formula is C35H32ClN5O2. The van der Waals surface area contributed by atoms with E-state index >= 15 is 0 Å². The average Bonchev–Trinajstić information content (AvgIpc) is 3.06. The highest BCUT2D eigenvalue weighted by Gasteiger charge is 2.12. The molecule has 0 amide bonds. The molecule has 8 heteroatoms. The quantitative estimate of drug-likeness (QED) is 0.113. The van der Waals surface area contributed by atoms with Crippen LogP contribution in [0.3, 0.4) is 0 Å². The number of anilines is 1. The van der Waals surface area contributed by atoms with Gasteiger partial charge in [-0.05, 0) is 73.5 Å². The Kier molecular flexibility index (Phi) is 8.90. The summed E-state index contributed by atoms with van der Waals surface area (Å²) in [6.07, 6.45) is 7.68. The van der Waals surface area contributed by atoms with Crippen molar-refractivity contribution in [3.05, 3.63) is 102 Å². The molecule has 0 atom stereocenters. The molecule has 0 aliphatic heterocycles. The monoisotopic (exact) mass is 589 g/mol. The standard InChI is InChI=1S/C35H32ClN5O2/c1-42-25-13-15-29-28(21-25)35(27-14-12-24(36)20-32(27)40-29)39-18-6-2-3-9-19-43-26-22-33(30-10-4-7-16-37-30)41-34(23-26)31-11-5-8-17-38-31/h4-5,7-8,10-17,20-23H,2-3,6,9,18-19H2,1H3,(H,39,40). The van der Waals surface area contributed by atoms with Gasteiger partial charge in [-0.25, -0.2) is 9.97 Å². The maximum Gasteiger partial charge on any atom is 0.123 e. The van der Waals surface area contributed by atoms with Gasteiger partial charge < -0.3 is 14.8 Å². The third-order valence-electron chi connectivity index (χ3n) is 7.24. The van der Waals surface area contributed by atoms with Gasteiger partial charge in [0.15, 0.2) is 0 Å². The SMILES string of the molecule is COc1ccc2nc3cc(Cl)ccc3c(NCCCCCCOc3cc(-c4ccccn4)nc(-c4ccccn4)c3)c2c1. The first kappa shape index (κ1) is 28.4. The summed E-state index contributed by atoms with van der Waals surface area (Å²) in [5.74, 6) is 1.57. The number of nitrogens with zero attached hydrogens (tertiary/aromatic N) is 4. The molecule has 4 aromatic heterocycles. The molecule has 0 aliphatic rings. The maximum absolute atomic E-state index is 6.27. The van der Waals surface area contributed by atoms with Crippen LogP contribution in [0.5, 0.6) is 11.5 Å². The molecule has 6 aromatic rings. The number of fused-ring (bicyclic) bond motifs is 2. The number of ether oxygens (including phenoxy) is 2. The van der Waals surface area contributed by atoms with Crippen LogP contribution in [0.4, 0.5) is 5.69 Å². The van der Waals surface area contributed by atoms with Crippen molar-refractivity contribution in [3.8, 4) is 34.3 Å². The Morgan fingerprint density at radius 2 is 1.40 bits per heavy atom. The van der Waals surface area contributed by atoms with Gasteiger partial charge in [-0.1, -0.05) is 36.6 Å². The van der Waals surface area contributed by atoms with Gasteiger partial charge in [0.2, 0.25) is 0 Å². The van der Waals surface area contributed by atoms with Gasteiger partial charge in [-0.3, -0.25) is 9.97 Å². The lowest BCUT2D eigenvalue weighted by atomic mass is 10.1. The molecule has 0 saturated carbocycles. The zero-order valence-corrected chi connectivity index (χ0v) is 24.7. The van der Waals surface area contributed by atoms with Gasteiger partial charge in [0.1, 0.15) is 11.5 Å². The van der Waals surface area contributed by atoms with E-state index in [-0.39, 0.29) is 0 Å². The van der Waals surface area contributed by atoms with Crippen molar-refractivity contribution in [2.24, 2.45) is 0 Å². The number of nitrogens with one attached hydrogen (secondary N) is 1. The average molecular weight is 590 g/mol. The van der Waals surface area contributed by atoms with E-state index in [2.05, 4.69) is 15.3 Å². The Labute approximate surface area is 255 Å². The van der Waals surface area contributed by atoms with Crippen molar-refractivity contribution < 1.29 is 9.47 Å². The van der Waals surface area contributed by atoms with Gasteiger partial charge in [-0.2, -0.15) is 0 Å². The summed E-state index contributed by atoms with van der Waals surface area (Å²) in [5, 5.41) is 6.43. The van der Waals surface area contributed by atoms with Crippen LogP contribution in [-0.2, 0) is 0 Å². The molecule has 0 spiro atoms. The van der Waals surface area contributed by atoms with E-state index < -0.39 is 0 Å². The van der Waals surface area contributed by atoms with Crippen molar-refractivity contribution in [1.29, 1.82) is 0 Å². The van der Waals surface area contributed by atoms with Crippen LogP contribution in [0.1, 0.15) is 25.7 Å². The number of pyridine rings is 4. The largest absolute Gasteiger partial charge is 0.497 e. The van der Waals surface area contributed by atoms with Crippen LogP contribution in [0, 0.1) is 0 Å². The summed E-state index contributed by atoms with van der Waals surface area (Å²) in [6, 6.07) is 27.3. The number of rotatable bonds is 12. The lowest BCUT2D eigenvalue weighted by molar-refractivity contribution is 0.305. The number of benzene rings is 2. The Morgan fingerprint density at radius 3 is 2.09 bits per heavy atom. The fourth-order valence-electron chi connectivity index (χ4n) is 5.08. The van der Waals surface area contributed by atoms with E-state index in [0.717, 1.165) is 94.0 Å². The molecule has 0 bridgehead atoms. The van der Waals surface area contributed by atoms with E-state index in [4.69, 9.17) is 31.0 Å². The highest BCUT2D eigenvalue weighted by molar-refractivity contribution is 6.31. The summed E-state index contributed by atoms with van der Waals surface area (Å²) >= 11 is 6.27.